The normalized spacial score (nSPS) is 11.8. The molecule has 0 aliphatic carbocycles. The maximum Gasteiger partial charge on any atom is 0.160 e. The van der Waals surface area contributed by atoms with E-state index in [0.29, 0.717) is 11.1 Å². The smallest absolute Gasteiger partial charge is 0.160 e. The van der Waals surface area contributed by atoms with Crippen LogP contribution < -0.4 is 5.49 Å². The highest BCUT2D eigenvalue weighted by Crippen LogP contribution is 2.15. The average Bonchev–Trinajstić information content (AvgIpc) is 2.56. The number of nitrogens with zero attached hydrogens (tertiary/aromatic N) is 2. The van der Waals surface area contributed by atoms with Gasteiger partial charge >= 0.3 is 0 Å². The molecule has 0 radical (unpaired) electrons. The molecule has 0 N–H and O–H groups in total. The first-order chi connectivity index (χ1) is 11.5. The van der Waals surface area contributed by atoms with Crippen molar-refractivity contribution in [3.63, 3.8) is 0 Å². The van der Waals surface area contributed by atoms with Crippen molar-refractivity contribution in [3.8, 4) is 0 Å². The van der Waals surface area contributed by atoms with Crippen molar-refractivity contribution < 1.29 is 17.6 Å². The van der Waals surface area contributed by atoms with Crippen molar-refractivity contribution in [2.24, 2.45) is 4.99 Å². The Morgan fingerprint density at radius 1 is 0.750 bits per heavy atom. The highest BCUT2D eigenvalue weighted by atomic mass is 19.2. The van der Waals surface area contributed by atoms with Crippen LogP contribution in [0.3, 0.4) is 0 Å². The van der Waals surface area contributed by atoms with E-state index >= 15 is 0 Å². The summed E-state index contributed by atoms with van der Waals surface area (Å²) in [5, 5.41) is 0. The fourth-order valence-electron chi connectivity index (χ4n) is 2.22. The van der Waals surface area contributed by atoms with Gasteiger partial charge in [-0.15, -0.1) is 0 Å². The van der Waals surface area contributed by atoms with E-state index in [1.165, 1.54) is 12.1 Å². The minimum atomic E-state index is -0.987. The SMILES string of the molecule is Fc1ccc(Cn2cccc/c2=N\c2ccc(F)c(F)c2)cc1F. The Hall–Kier alpha value is -2.89. The Bertz CT molecular complexity index is 948. The van der Waals surface area contributed by atoms with Gasteiger partial charge in [0, 0.05) is 18.8 Å². The van der Waals surface area contributed by atoms with Crippen LogP contribution in [0.15, 0.2) is 65.8 Å². The van der Waals surface area contributed by atoms with E-state index in [1.54, 1.807) is 29.0 Å². The topological polar surface area (TPSA) is 17.3 Å². The van der Waals surface area contributed by atoms with Crippen molar-refractivity contribution in [1.29, 1.82) is 0 Å². The summed E-state index contributed by atoms with van der Waals surface area (Å²) in [7, 11) is 0. The van der Waals surface area contributed by atoms with Gasteiger partial charge in [-0.1, -0.05) is 12.1 Å². The maximum absolute atomic E-state index is 13.3. The highest BCUT2D eigenvalue weighted by Gasteiger charge is 2.04. The van der Waals surface area contributed by atoms with Gasteiger partial charge < -0.3 is 4.57 Å². The lowest BCUT2D eigenvalue weighted by Gasteiger charge is -2.08. The summed E-state index contributed by atoms with van der Waals surface area (Å²) in [5.74, 6) is -3.78. The zero-order valence-electron chi connectivity index (χ0n) is 12.4. The molecule has 0 amide bonds. The Balaban J connectivity index is 1.99. The van der Waals surface area contributed by atoms with Crippen molar-refractivity contribution in [2.75, 3.05) is 0 Å². The molecule has 1 aromatic heterocycles. The lowest BCUT2D eigenvalue weighted by Crippen LogP contribution is -2.20. The summed E-state index contributed by atoms with van der Waals surface area (Å²) in [6.07, 6.45) is 1.71. The second-order valence-electron chi connectivity index (χ2n) is 5.15. The van der Waals surface area contributed by atoms with E-state index in [4.69, 9.17) is 0 Å². The largest absolute Gasteiger partial charge is 0.329 e. The molecule has 0 atom stereocenters. The molecule has 0 fully saturated rings. The zero-order chi connectivity index (χ0) is 17.1. The van der Waals surface area contributed by atoms with Gasteiger partial charge in [-0.2, -0.15) is 0 Å². The van der Waals surface area contributed by atoms with Gasteiger partial charge in [0.1, 0.15) is 5.49 Å². The van der Waals surface area contributed by atoms with E-state index < -0.39 is 23.3 Å². The second-order valence-corrected chi connectivity index (χ2v) is 5.15. The van der Waals surface area contributed by atoms with E-state index in [1.807, 2.05) is 0 Å². The number of halogens is 4. The van der Waals surface area contributed by atoms with Crippen molar-refractivity contribution >= 4 is 5.69 Å². The Morgan fingerprint density at radius 3 is 2.17 bits per heavy atom. The summed E-state index contributed by atoms with van der Waals surface area (Å²) in [6, 6.07) is 12.1. The van der Waals surface area contributed by atoms with Gasteiger partial charge in [-0.3, -0.25) is 0 Å². The summed E-state index contributed by atoms with van der Waals surface area (Å²) in [5.41, 5.74) is 1.26. The molecule has 0 saturated carbocycles. The van der Waals surface area contributed by atoms with E-state index in [0.717, 1.165) is 24.3 Å². The summed E-state index contributed by atoms with van der Waals surface area (Å²) >= 11 is 0. The van der Waals surface area contributed by atoms with Crippen molar-refractivity contribution in [1.82, 2.24) is 4.57 Å². The number of hydrogen-bond donors (Lipinski definition) is 0. The van der Waals surface area contributed by atoms with E-state index in [9.17, 15) is 17.6 Å². The molecule has 0 bridgehead atoms. The number of benzene rings is 2. The van der Waals surface area contributed by atoms with E-state index in [-0.39, 0.29) is 12.2 Å². The first-order valence-corrected chi connectivity index (χ1v) is 7.12. The molecule has 1 heterocycles. The van der Waals surface area contributed by atoms with Gasteiger partial charge in [-0.05, 0) is 42.0 Å². The Morgan fingerprint density at radius 2 is 1.46 bits per heavy atom. The van der Waals surface area contributed by atoms with Gasteiger partial charge in [0.25, 0.3) is 0 Å². The highest BCUT2D eigenvalue weighted by molar-refractivity contribution is 5.37. The van der Waals surface area contributed by atoms with Gasteiger partial charge in [0.05, 0.1) is 5.69 Å². The lowest BCUT2D eigenvalue weighted by molar-refractivity contribution is 0.506. The van der Waals surface area contributed by atoms with Crippen LogP contribution in [0.2, 0.25) is 0 Å². The predicted octanol–water partition coefficient (Wildman–Crippen LogP) is 4.33. The molecular formula is C18H12F4N2. The molecular weight excluding hydrogens is 320 g/mol. The van der Waals surface area contributed by atoms with Crippen molar-refractivity contribution in [2.45, 2.75) is 6.54 Å². The van der Waals surface area contributed by atoms with Gasteiger partial charge in [0.15, 0.2) is 23.3 Å². The standard InChI is InChI=1S/C18H12F4N2/c19-14-6-4-12(9-16(14)21)11-24-8-2-1-3-18(24)23-13-5-7-15(20)17(22)10-13/h1-10H,11H2/b23-18+. The third kappa shape index (κ3) is 3.53. The molecule has 6 heteroatoms. The van der Waals surface area contributed by atoms with E-state index in [2.05, 4.69) is 4.99 Å². The van der Waals surface area contributed by atoms with Crippen LogP contribution in [0.25, 0.3) is 0 Å². The molecule has 0 unspecified atom stereocenters. The van der Waals surface area contributed by atoms with Crippen LogP contribution in [-0.4, -0.2) is 4.57 Å². The lowest BCUT2D eigenvalue weighted by atomic mass is 10.2. The summed E-state index contributed by atoms with van der Waals surface area (Å²) < 4.78 is 54.3. The molecule has 24 heavy (non-hydrogen) atoms. The van der Waals surface area contributed by atoms with Crippen LogP contribution in [0.4, 0.5) is 23.2 Å². The fraction of sp³-hybridized carbons (Fsp3) is 0.0556. The van der Waals surface area contributed by atoms with Crippen LogP contribution >= 0.6 is 0 Å². The van der Waals surface area contributed by atoms with Crippen LogP contribution in [-0.2, 0) is 6.54 Å². The first-order valence-electron chi connectivity index (χ1n) is 7.12. The molecule has 3 aromatic rings. The van der Waals surface area contributed by atoms with Crippen molar-refractivity contribution in [3.05, 3.63) is 95.1 Å². The van der Waals surface area contributed by atoms with Crippen LogP contribution in [0.1, 0.15) is 5.56 Å². The quantitative estimate of drug-likeness (QED) is 0.636. The third-order valence-electron chi connectivity index (χ3n) is 3.40. The fourth-order valence-corrected chi connectivity index (χ4v) is 2.22. The molecule has 0 spiro atoms. The number of hydrogen-bond acceptors (Lipinski definition) is 1. The minimum absolute atomic E-state index is 0.249. The zero-order valence-corrected chi connectivity index (χ0v) is 12.4. The monoisotopic (exact) mass is 332 g/mol. The third-order valence-corrected chi connectivity index (χ3v) is 3.40. The molecule has 2 nitrogen and oxygen atoms in total. The molecule has 0 aliphatic heterocycles. The average molecular weight is 332 g/mol. The molecule has 2 aromatic carbocycles. The van der Waals surface area contributed by atoms with Crippen LogP contribution in [0.5, 0.6) is 0 Å². The molecule has 3 rings (SSSR count). The second kappa shape index (κ2) is 6.70. The van der Waals surface area contributed by atoms with Gasteiger partial charge in [-0.25, -0.2) is 22.6 Å². The van der Waals surface area contributed by atoms with Gasteiger partial charge in [0.2, 0.25) is 0 Å². The maximum atomic E-state index is 13.3. The molecule has 0 saturated heterocycles. The molecule has 0 aliphatic rings. The Kier molecular flexibility index (Phi) is 4.46. The van der Waals surface area contributed by atoms with Crippen LogP contribution in [0, 0.1) is 23.3 Å². The minimum Gasteiger partial charge on any atom is -0.329 e. The molecule has 122 valence electrons. The number of aromatic nitrogens is 1. The Labute approximate surface area is 135 Å². The summed E-state index contributed by atoms with van der Waals surface area (Å²) in [4.78, 5) is 4.27. The predicted molar refractivity (Wildman–Crippen MR) is 81.5 cm³/mol. The number of pyridine rings is 1. The number of rotatable bonds is 3. The first kappa shape index (κ1) is 16.0. The summed E-state index contributed by atoms with van der Waals surface area (Å²) in [6.45, 7) is 0.251.